The maximum absolute atomic E-state index is 8.98. The van der Waals surface area contributed by atoms with E-state index in [9.17, 15) is 0 Å². The lowest BCUT2D eigenvalue weighted by atomic mass is 9.82. The van der Waals surface area contributed by atoms with Crippen LogP contribution in [0.25, 0.3) is 0 Å². The SMILES string of the molecule is CCCCC(CC)C(CC)CC(O)O. The van der Waals surface area contributed by atoms with E-state index >= 15 is 0 Å². The molecule has 0 saturated heterocycles. The summed E-state index contributed by atoms with van der Waals surface area (Å²) in [4.78, 5) is 0. The lowest BCUT2D eigenvalue weighted by molar-refractivity contribution is -0.0623. The van der Waals surface area contributed by atoms with E-state index in [0.717, 1.165) is 12.8 Å². The van der Waals surface area contributed by atoms with Gasteiger partial charge in [0.2, 0.25) is 0 Å². The quantitative estimate of drug-likeness (QED) is 0.594. The summed E-state index contributed by atoms with van der Waals surface area (Å²) >= 11 is 0. The zero-order valence-electron chi connectivity index (χ0n) is 9.87. The normalized spacial score (nSPS) is 15.9. The molecule has 14 heavy (non-hydrogen) atoms. The molecule has 0 saturated carbocycles. The molecule has 0 heterocycles. The van der Waals surface area contributed by atoms with Crippen molar-refractivity contribution in [3.8, 4) is 0 Å². The molecule has 86 valence electrons. The van der Waals surface area contributed by atoms with Crippen LogP contribution in [0.1, 0.15) is 59.3 Å². The molecule has 2 N–H and O–H groups in total. The third-order valence-corrected chi connectivity index (χ3v) is 3.16. The first kappa shape index (κ1) is 13.9. The van der Waals surface area contributed by atoms with Gasteiger partial charge in [0.1, 0.15) is 0 Å². The Morgan fingerprint density at radius 1 is 0.929 bits per heavy atom. The first-order valence-electron chi connectivity index (χ1n) is 6.01. The fraction of sp³-hybridized carbons (Fsp3) is 1.00. The van der Waals surface area contributed by atoms with Crippen molar-refractivity contribution in [2.75, 3.05) is 0 Å². The summed E-state index contributed by atoms with van der Waals surface area (Å²) in [5.41, 5.74) is 0. The highest BCUT2D eigenvalue weighted by molar-refractivity contribution is 4.69. The van der Waals surface area contributed by atoms with Gasteiger partial charge in [-0.05, 0) is 11.8 Å². The van der Waals surface area contributed by atoms with Crippen molar-refractivity contribution in [2.24, 2.45) is 11.8 Å². The molecule has 2 nitrogen and oxygen atoms in total. The van der Waals surface area contributed by atoms with Crippen LogP contribution in [0, 0.1) is 11.8 Å². The Bertz CT molecular complexity index is 123. The molecule has 0 rings (SSSR count). The maximum atomic E-state index is 8.98. The van der Waals surface area contributed by atoms with Gasteiger partial charge in [-0.25, -0.2) is 0 Å². The lowest BCUT2D eigenvalue weighted by Crippen LogP contribution is -2.20. The van der Waals surface area contributed by atoms with Gasteiger partial charge in [0, 0.05) is 6.42 Å². The molecule has 0 aliphatic rings. The summed E-state index contributed by atoms with van der Waals surface area (Å²) in [5.74, 6) is 1.15. The average molecular weight is 202 g/mol. The first-order valence-corrected chi connectivity index (χ1v) is 6.01. The standard InChI is InChI=1S/C12H26O2/c1-4-7-8-10(5-2)11(6-3)9-12(13)14/h10-14H,4-9H2,1-3H3. The minimum absolute atomic E-state index is 0.478. The molecule has 0 aromatic heterocycles. The van der Waals surface area contributed by atoms with Crippen molar-refractivity contribution in [1.82, 2.24) is 0 Å². The molecule has 0 aromatic carbocycles. The molecule has 0 aliphatic carbocycles. The molecule has 0 bridgehead atoms. The highest BCUT2D eigenvalue weighted by Crippen LogP contribution is 2.28. The summed E-state index contributed by atoms with van der Waals surface area (Å²) in [7, 11) is 0. The van der Waals surface area contributed by atoms with Gasteiger partial charge in [-0.3, -0.25) is 0 Å². The summed E-state index contributed by atoms with van der Waals surface area (Å²) in [6.45, 7) is 6.54. The second-order valence-corrected chi connectivity index (χ2v) is 4.20. The highest BCUT2D eigenvalue weighted by atomic mass is 16.5. The second-order valence-electron chi connectivity index (χ2n) is 4.20. The summed E-state index contributed by atoms with van der Waals surface area (Å²) in [5, 5.41) is 18.0. The molecule has 2 atom stereocenters. The Balaban J connectivity index is 4.00. The number of hydrogen-bond acceptors (Lipinski definition) is 2. The molecular weight excluding hydrogens is 176 g/mol. The van der Waals surface area contributed by atoms with E-state index in [-0.39, 0.29) is 0 Å². The Morgan fingerprint density at radius 2 is 1.50 bits per heavy atom. The first-order chi connectivity index (χ1) is 6.65. The van der Waals surface area contributed by atoms with Crippen LogP contribution in [0.3, 0.4) is 0 Å². The number of aliphatic hydroxyl groups excluding tert-OH is 1. The Morgan fingerprint density at radius 3 is 1.86 bits per heavy atom. The molecule has 0 fully saturated rings. The van der Waals surface area contributed by atoms with Gasteiger partial charge in [-0.15, -0.1) is 0 Å². The molecule has 2 heteroatoms. The smallest absolute Gasteiger partial charge is 0.151 e. The monoisotopic (exact) mass is 202 g/mol. The van der Waals surface area contributed by atoms with Gasteiger partial charge in [0.15, 0.2) is 6.29 Å². The molecule has 0 aromatic rings. The van der Waals surface area contributed by atoms with Crippen LogP contribution in [0.2, 0.25) is 0 Å². The van der Waals surface area contributed by atoms with Crippen LogP contribution in [0.15, 0.2) is 0 Å². The van der Waals surface area contributed by atoms with Gasteiger partial charge >= 0.3 is 0 Å². The van der Waals surface area contributed by atoms with E-state index in [1.807, 2.05) is 0 Å². The second kappa shape index (κ2) is 8.25. The van der Waals surface area contributed by atoms with Crippen LogP contribution in [0.4, 0.5) is 0 Å². The Hall–Kier alpha value is -0.0800. The molecule has 0 spiro atoms. The van der Waals surface area contributed by atoms with Gasteiger partial charge in [-0.2, -0.15) is 0 Å². The van der Waals surface area contributed by atoms with Crippen molar-refractivity contribution in [3.05, 3.63) is 0 Å². The van der Waals surface area contributed by atoms with Gasteiger partial charge in [-0.1, -0.05) is 52.9 Å². The minimum atomic E-state index is -1.13. The predicted molar refractivity (Wildman–Crippen MR) is 59.9 cm³/mol. The molecule has 0 amide bonds. The lowest BCUT2D eigenvalue weighted by Gasteiger charge is -2.25. The van der Waals surface area contributed by atoms with Gasteiger partial charge in [0.25, 0.3) is 0 Å². The number of aliphatic hydroxyl groups is 2. The van der Waals surface area contributed by atoms with Crippen molar-refractivity contribution < 1.29 is 10.2 Å². The Labute approximate surface area is 88.3 Å². The van der Waals surface area contributed by atoms with Gasteiger partial charge < -0.3 is 10.2 Å². The predicted octanol–water partition coefficient (Wildman–Crippen LogP) is 2.93. The van der Waals surface area contributed by atoms with E-state index in [1.54, 1.807) is 0 Å². The number of rotatable bonds is 8. The fourth-order valence-electron chi connectivity index (χ4n) is 2.20. The van der Waals surface area contributed by atoms with E-state index in [4.69, 9.17) is 10.2 Å². The average Bonchev–Trinajstić information content (AvgIpc) is 2.16. The van der Waals surface area contributed by atoms with Crippen molar-refractivity contribution >= 4 is 0 Å². The van der Waals surface area contributed by atoms with E-state index in [0.29, 0.717) is 18.3 Å². The number of hydrogen-bond donors (Lipinski definition) is 2. The zero-order chi connectivity index (χ0) is 11.0. The topological polar surface area (TPSA) is 40.5 Å². The van der Waals surface area contributed by atoms with Crippen LogP contribution in [0.5, 0.6) is 0 Å². The molecular formula is C12H26O2. The van der Waals surface area contributed by atoms with Crippen molar-refractivity contribution in [1.29, 1.82) is 0 Å². The van der Waals surface area contributed by atoms with Crippen molar-refractivity contribution in [2.45, 2.75) is 65.6 Å². The summed E-state index contributed by atoms with van der Waals surface area (Å²) in [6.07, 6.45) is 5.35. The van der Waals surface area contributed by atoms with E-state index in [2.05, 4.69) is 20.8 Å². The summed E-state index contributed by atoms with van der Waals surface area (Å²) in [6, 6.07) is 0. The fourth-order valence-corrected chi connectivity index (χ4v) is 2.20. The van der Waals surface area contributed by atoms with Crippen LogP contribution >= 0.6 is 0 Å². The molecule has 0 aliphatic heterocycles. The zero-order valence-corrected chi connectivity index (χ0v) is 9.87. The highest BCUT2D eigenvalue weighted by Gasteiger charge is 2.19. The third-order valence-electron chi connectivity index (χ3n) is 3.16. The molecule has 0 radical (unpaired) electrons. The van der Waals surface area contributed by atoms with Crippen LogP contribution in [-0.4, -0.2) is 16.5 Å². The number of unbranched alkanes of at least 4 members (excludes halogenated alkanes) is 1. The van der Waals surface area contributed by atoms with E-state index in [1.165, 1.54) is 19.3 Å². The largest absolute Gasteiger partial charge is 0.368 e. The molecule has 2 unspecified atom stereocenters. The summed E-state index contributed by atoms with van der Waals surface area (Å²) < 4.78 is 0. The third kappa shape index (κ3) is 5.61. The van der Waals surface area contributed by atoms with E-state index < -0.39 is 6.29 Å². The van der Waals surface area contributed by atoms with Gasteiger partial charge in [0.05, 0.1) is 0 Å². The van der Waals surface area contributed by atoms with Crippen LogP contribution < -0.4 is 0 Å². The van der Waals surface area contributed by atoms with Crippen LogP contribution in [-0.2, 0) is 0 Å². The maximum Gasteiger partial charge on any atom is 0.151 e. The minimum Gasteiger partial charge on any atom is -0.368 e. The Kier molecular flexibility index (Phi) is 8.20. The van der Waals surface area contributed by atoms with Crippen molar-refractivity contribution in [3.63, 3.8) is 0 Å².